The Morgan fingerprint density at radius 2 is 2.00 bits per heavy atom. The number of nitrogens with zero attached hydrogens (tertiary/aromatic N) is 4. The molecule has 0 unspecified atom stereocenters. The Hall–Kier alpha value is -2.76. The molecule has 1 N–H and O–H groups in total. The number of fused-ring (bicyclic) bond motifs is 1. The van der Waals surface area contributed by atoms with Gasteiger partial charge in [0.25, 0.3) is 0 Å². The van der Waals surface area contributed by atoms with Crippen LogP contribution in [0.1, 0.15) is 5.69 Å². The third kappa shape index (κ3) is 2.15. The van der Waals surface area contributed by atoms with E-state index in [1.807, 2.05) is 24.3 Å². The van der Waals surface area contributed by atoms with Crippen LogP contribution in [0.25, 0.3) is 16.8 Å². The SMILES string of the molecule is O=C(O)Cc1ncn2nc(-c3ccncc3)ccc12. The van der Waals surface area contributed by atoms with Gasteiger partial charge < -0.3 is 5.11 Å². The topological polar surface area (TPSA) is 80.4 Å². The Morgan fingerprint density at radius 3 is 2.74 bits per heavy atom. The van der Waals surface area contributed by atoms with Gasteiger partial charge >= 0.3 is 5.97 Å². The second-order valence-electron chi connectivity index (χ2n) is 4.05. The maximum Gasteiger partial charge on any atom is 0.309 e. The van der Waals surface area contributed by atoms with Gasteiger partial charge in [0.05, 0.1) is 23.3 Å². The molecular weight excluding hydrogens is 244 g/mol. The van der Waals surface area contributed by atoms with Gasteiger partial charge in [0.15, 0.2) is 0 Å². The highest BCUT2D eigenvalue weighted by Gasteiger charge is 2.10. The molecule has 3 aromatic rings. The number of aromatic nitrogens is 4. The Balaban J connectivity index is 2.06. The van der Waals surface area contributed by atoms with Crippen LogP contribution in [0.3, 0.4) is 0 Å². The zero-order valence-corrected chi connectivity index (χ0v) is 9.89. The van der Waals surface area contributed by atoms with Crippen LogP contribution in [-0.2, 0) is 11.2 Å². The summed E-state index contributed by atoms with van der Waals surface area (Å²) in [7, 11) is 0. The molecule has 6 nitrogen and oxygen atoms in total. The van der Waals surface area contributed by atoms with Crippen molar-refractivity contribution >= 4 is 11.5 Å². The zero-order chi connectivity index (χ0) is 13.2. The lowest BCUT2D eigenvalue weighted by Crippen LogP contribution is -2.01. The van der Waals surface area contributed by atoms with Gasteiger partial charge in [0, 0.05) is 18.0 Å². The number of imidazole rings is 1. The molecule has 0 amide bonds. The summed E-state index contributed by atoms with van der Waals surface area (Å²) in [5, 5.41) is 13.2. The molecule has 0 radical (unpaired) electrons. The Kier molecular flexibility index (Phi) is 2.68. The van der Waals surface area contributed by atoms with E-state index in [2.05, 4.69) is 15.1 Å². The summed E-state index contributed by atoms with van der Waals surface area (Å²) in [6.45, 7) is 0. The molecule has 0 spiro atoms. The number of hydrogen-bond acceptors (Lipinski definition) is 4. The summed E-state index contributed by atoms with van der Waals surface area (Å²) in [5.41, 5.74) is 2.96. The van der Waals surface area contributed by atoms with E-state index in [0.29, 0.717) is 11.2 Å². The molecule has 0 fully saturated rings. The summed E-state index contributed by atoms with van der Waals surface area (Å²) >= 11 is 0. The number of carboxylic acid groups (broad SMARTS) is 1. The highest BCUT2D eigenvalue weighted by atomic mass is 16.4. The molecule has 0 saturated carbocycles. The predicted octanol–water partition coefficient (Wildman–Crippen LogP) is 1.42. The number of rotatable bonds is 3. The van der Waals surface area contributed by atoms with E-state index in [9.17, 15) is 4.79 Å². The van der Waals surface area contributed by atoms with Crippen LogP contribution in [-0.4, -0.2) is 30.7 Å². The molecule has 0 atom stereocenters. The number of aliphatic carboxylic acids is 1. The minimum atomic E-state index is -0.904. The molecular formula is C13H10N4O2. The molecule has 19 heavy (non-hydrogen) atoms. The van der Waals surface area contributed by atoms with Crippen LogP contribution in [0, 0.1) is 0 Å². The molecule has 3 aromatic heterocycles. The van der Waals surface area contributed by atoms with Gasteiger partial charge in [-0.3, -0.25) is 9.78 Å². The van der Waals surface area contributed by atoms with Crippen molar-refractivity contribution in [1.82, 2.24) is 19.6 Å². The van der Waals surface area contributed by atoms with Crippen LogP contribution < -0.4 is 0 Å². The van der Waals surface area contributed by atoms with Crippen LogP contribution in [0.2, 0.25) is 0 Å². The van der Waals surface area contributed by atoms with Gasteiger partial charge in [0.1, 0.15) is 6.33 Å². The lowest BCUT2D eigenvalue weighted by atomic mass is 10.2. The summed E-state index contributed by atoms with van der Waals surface area (Å²) in [6, 6.07) is 7.40. The lowest BCUT2D eigenvalue weighted by Gasteiger charge is -2.01. The molecule has 0 aliphatic rings. The Morgan fingerprint density at radius 1 is 1.21 bits per heavy atom. The number of pyridine rings is 1. The van der Waals surface area contributed by atoms with Crippen molar-refractivity contribution in [3.63, 3.8) is 0 Å². The molecule has 0 aliphatic heterocycles. The van der Waals surface area contributed by atoms with Crippen LogP contribution in [0.15, 0.2) is 43.0 Å². The van der Waals surface area contributed by atoms with Crippen molar-refractivity contribution in [2.75, 3.05) is 0 Å². The fraction of sp³-hybridized carbons (Fsp3) is 0.0769. The standard InChI is InChI=1S/C13H10N4O2/c18-13(19)7-11-12-2-1-10(16-17(12)8-15-11)9-3-5-14-6-4-9/h1-6,8H,7H2,(H,18,19). The number of carboxylic acids is 1. The average Bonchev–Trinajstić information content (AvgIpc) is 2.81. The van der Waals surface area contributed by atoms with Crippen molar-refractivity contribution in [2.24, 2.45) is 0 Å². The summed E-state index contributed by atoms with van der Waals surface area (Å²) in [4.78, 5) is 18.8. The predicted molar refractivity (Wildman–Crippen MR) is 67.6 cm³/mol. The fourth-order valence-electron chi connectivity index (χ4n) is 1.90. The Bertz CT molecular complexity index is 737. The first-order valence-electron chi connectivity index (χ1n) is 5.69. The van der Waals surface area contributed by atoms with Crippen LogP contribution in [0.4, 0.5) is 0 Å². The van der Waals surface area contributed by atoms with E-state index in [-0.39, 0.29) is 6.42 Å². The summed E-state index contributed by atoms with van der Waals surface area (Å²) in [5.74, 6) is -0.904. The maximum absolute atomic E-state index is 10.7. The molecule has 3 rings (SSSR count). The van der Waals surface area contributed by atoms with Gasteiger partial charge in [0.2, 0.25) is 0 Å². The minimum Gasteiger partial charge on any atom is -0.481 e. The minimum absolute atomic E-state index is 0.104. The first-order chi connectivity index (χ1) is 9.24. The van der Waals surface area contributed by atoms with Crippen LogP contribution in [0.5, 0.6) is 0 Å². The second-order valence-corrected chi connectivity index (χ2v) is 4.05. The molecule has 0 aromatic carbocycles. The fourth-order valence-corrected chi connectivity index (χ4v) is 1.90. The largest absolute Gasteiger partial charge is 0.481 e. The van der Waals surface area contributed by atoms with Crippen LogP contribution >= 0.6 is 0 Å². The van der Waals surface area contributed by atoms with Crippen molar-refractivity contribution < 1.29 is 9.90 Å². The van der Waals surface area contributed by atoms with Gasteiger partial charge in [-0.05, 0) is 24.3 Å². The molecule has 0 bridgehead atoms. The van der Waals surface area contributed by atoms with Gasteiger partial charge in [-0.1, -0.05) is 0 Å². The first-order valence-corrected chi connectivity index (χ1v) is 5.69. The van der Waals surface area contributed by atoms with Crippen molar-refractivity contribution in [1.29, 1.82) is 0 Å². The third-order valence-electron chi connectivity index (χ3n) is 2.77. The van der Waals surface area contributed by atoms with Gasteiger partial charge in [-0.15, -0.1) is 0 Å². The quantitative estimate of drug-likeness (QED) is 0.764. The number of carbonyl (C=O) groups is 1. The van der Waals surface area contributed by atoms with E-state index in [4.69, 9.17) is 5.11 Å². The highest BCUT2D eigenvalue weighted by Crippen LogP contribution is 2.17. The maximum atomic E-state index is 10.7. The second kappa shape index (κ2) is 4.49. The third-order valence-corrected chi connectivity index (χ3v) is 2.77. The smallest absolute Gasteiger partial charge is 0.309 e. The van der Waals surface area contributed by atoms with Gasteiger partial charge in [-0.25, -0.2) is 9.50 Å². The van der Waals surface area contributed by atoms with E-state index in [1.54, 1.807) is 16.9 Å². The molecule has 0 saturated heterocycles. The van der Waals surface area contributed by atoms with E-state index < -0.39 is 5.97 Å². The average molecular weight is 254 g/mol. The normalized spacial score (nSPS) is 10.7. The number of hydrogen-bond donors (Lipinski definition) is 1. The lowest BCUT2D eigenvalue weighted by molar-refractivity contribution is -0.136. The highest BCUT2D eigenvalue weighted by molar-refractivity contribution is 5.73. The van der Waals surface area contributed by atoms with Crippen molar-refractivity contribution in [3.8, 4) is 11.3 Å². The zero-order valence-electron chi connectivity index (χ0n) is 9.89. The molecule has 3 heterocycles. The first kappa shape index (κ1) is 11.3. The van der Waals surface area contributed by atoms with E-state index >= 15 is 0 Å². The van der Waals surface area contributed by atoms with Crippen molar-refractivity contribution in [3.05, 3.63) is 48.7 Å². The molecule has 6 heteroatoms. The Labute approximate surface area is 108 Å². The summed E-state index contributed by atoms with van der Waals surface area (Å²) < 4.78 is 1.59. The summed E-state index contributed by atoms with van der Waals surface area (Å²) in [6.07, 6.45) is 4.82. The van der Waals surface area contributed by atoms with E-state index in [1.165, 1.54) is 6.33 Å². The van der Waals surface area contributed by atoms with Crippen molar-refractivity contribution in [2.45, 2.75) is 6.42 Å². The van der Waals surface area contributed by atoms with E-state index in [0.717, 1.165) is 11.3 Å². The monoisotopic (exact) mass is 254 g/mol. The molecule has 94 valence electrons. The molecule has 0 aliphatic carbocycles. The van der Waals surface area contributed by atoms with Gasteiger partial charge in [-0.2, -0.15) is 5.10 Å².